The lowest BCUT2D eigenvalue weighted by molar-refractivity contribution is -0.0365. The van der Waals surface area contributed by atoms with Gasteiger partial charge in [0.1, 0.15) is 6.10 Å². The first-order chi connectivity index (χ1) is 16.4. The van der Waals surface area contributed by atoms with Gasteiger partial charge < -0.3 is 35.0 Å². The maximum Gasteiger partial charge on any atom is 0.100 e. The Kier molecular flexibility index (Phi) is 30.6. The van der Waals surface area contributed by atoms with Crippen LogP contribution in [0.1, 0.15) is 117 Å². The summed E-state index contributed by atoms with van der Waals surface area (Å²) in [4.78, 5) is 0. The maximum atomic E-state index is 9.57. The third-order valence-electron chi connectivity index (χ3n) is 5.80. The lowest BCUT2D eigenvalue weighted by atomic mass is 10.1. The van der Waals surface area contributed by atoms with E-state index < -0.39 is 18.3 Å². The van der Waals surface area contributed by atoms with E-state index in [1.807, 2.05) is 6.92 Å². The average Bonchev–Trinajstić information content (AvgIpc) is 2.85. The molecule has 4 atom stereocenters. The molecule has 7 heteroatoms. The first-order valence-electron chi connectivity index (χ1n) is 13.9. The van der Waals surface area contributed by atoms with Crippen LogP contribution < -0.4 is 0 Å². The van der Waals surface area contributed by atoms with Crippen LogP contribution in [0.2, 0.25) is 0 Å². The van der Waals surface area contributed by atoms with E-state index in [1.54, 1.807) is 0 Å². The summed E-state index contributed by atoms with van der Waals surface area (Å²) in [6.45, 7) is 6.78. The summed E-state index contributed by atoms with van der Waals surface area (Å²) in [6.07, 6.45) is 15.4. The molecule has 7 nitrogen and oxygen atoms in total. The van der Waals surface area contributed by atoms with Crippen molar-refractivity contribution in [1.29, 1.82) is 0 Å². The first-order valence-corrected chi connectivity index (χ1v) is 13.9. The van der Waals surface area contributed by atoms with Gasteiger partial charge in [-0.25, -0.2) is 0 Å². The van der Waals surface area contributed by atoms with Crippen LogP contribution in [0, 0.1) is 0 Å². The van der Waals surface area contributed by atoms with Crippen LogP contribution in [0.3, 0.4) is 0 Å². The molecule has 0 aliphatic heterocycles. The lowest BCUT2D eigenvalue weighted by Crippen LogP contribution is -2.24. The van der Waals surface area contributed by atoms with Gasteiger partial charge in [0.15, 0.2) is 0 Å². The summed E-state index contributed by atoms with van der Waals surface area (Å²) in [5.41, 5.74) is 0. The van der Waals surface area contributed by atoms with Gasteiger partial charge in [-0.2, -0.15) is 0 Å². The molecule has 0 aliphatic carbocycles. The highest BCUT2D eigenvalue weighted by atomic mass is 16.5. The standard InChI is InChI=1S/C14H30O3.C13H28O4/c1-3-5-6-7-8-9-10-14(11-15)17-12-13(16)4-2;1-2-3-4-5-6-7-8-12(15)10-17-11-13(16)9-14/h13-16H,3-12H2,1-2H3;12-16H,2-11H2,1H3. The summed E-state index contributed by atoms with van der Waals surface area (Å²) in [6, 6.07) is 0. The fourth-order valence-electron chi connectivity index (χ4n) is 3.38. The molecule has 0 saturated heterocycles. The van der Waals surface area contributed by atoms with Gasteiger partial charge >= 0.3 is 0 Å². The fourth-order valence-corrected chi connectivity index (χ4v) is 3.38. The Labute approximate surface area is 209 Å². The van der Waals surface area contributed by atoms with Crippen molar-refractivity contribution in [2.24, 2.45) is 0 Å². The predicted octanol–water partition coefficient (Wildman–Crippen LogP) is 4.35. The molecule has 0 aromatic carbocycles. The molecule has 0 rings (SSSR count). The quantitative estimate of drug-likeness (QED) is 0.127. The van der Waals surface area contributed by atoms with Gasteiger partial charge in [-0.05, 0) is 19.3 Å². The Morgan fingerprint density at radius 3 is 1.53 bits per heavy atom. The van der Waals surface area contributed by atoms with Crippen LogP contribution in [-0.4, -0.2) is 83.0 Å². The number of aliphatic hydroxyl groups is 5. The van der Waals surface area contributed by atoms with Crippen LogP contribution in [0.15, 0.2) is 0 Å². The summed E-state index contributed by atoms with van der Waals surface area (Å²) < 4.78 is 10.6. The van der Waals surface area contributed by atoms with Crippen molar-refractivity contribution >= 4 is 0 Å². The fraction of sp³-hybridized carbons (Fsp3) is 1.00. The molecular weight excluding hydrogens is 436 g/mol. The smallest absolute Gasteiger partial charge is 0.100 e. The molecule has 0 radical (unpaired) electrons. The molecule has 5 N–H and O–H groups in total. The molecule has 0 spiro atoms. The van der Waals surface area contributed by atoms with E-state index in [0.29, 0.717) is 13.0 Å². The van der Waals surface area contributed by atoms with Crippen LogP contribution in [0.5, 0.6) is 0 Å². The zero-order valence-corrected chi connectivity index (χ0v) is 22.5. The SMILES string of the molecule is CCCCCCCCC(CO)OCC(O)CC.CCCCCCCCC(O)COCC(O)CO. The number of rotatable bonds is 24. The van der Waals surface area contributed by atoms with E-state index >= 15 is 0 Å². The van der Waals surface area contributed by atoms with Crippen LogP contribution >= 0.6 is 0 Å². The predicted molar refractivity (Wildman–Crippen MR) is 139 cm³/mol. The highest BCUT2D eigenvalue weighted by Gasteiger charge is 2.10. The summed E-state index contributed by atoms with van der Waals surface area (Å²) >= 11 is 0. The van der Waals surface area contributed by atoms with Crippen molar-refractivity contribution in [2.75, 3.05) is 33.0 Å². The molecule has 0 heterocycles. The highest BCUT2D eigenvalue weighted by Crippen LogP contribution is 2.11. The van der Waals surface area contributed by atoms with Crippen molar-refractivity contribution in [2.45, 2.75) is 141 Å². The molecule has 0 fully saturated rings. The van der Waals surface area contributed by atoms with Crippen LogP contribution in [0.25, 0.3) is 0 Å². The van der Waals surface area contributed by atoms with E-state index in [-0.39, 0.29) is 32.5 Å². The van der Waals surface area contributed by atoms with E-state index in [4.69, 9.17) is 24.8 Å². The van der Waals surface area contributed by atoms with E-state index in [9.17, 15) is 10.2 Å². The Morgan fingerprint density at radius 2 is 1.03 bits per heavy atom. The molecular formula is C27H58O7. The topological polar surface area (TPSA) is 120 Å². The van der Waals surface area contributed by atoms with Crippen LogP contribution in [-0.2, 0) is 9.47 Å². The minimum atomic E-state index is -0.837. The van der Waals surface area contributed by atoms with Gasteiger partial charge in [0.25, 0.3) is 0 Å². The minimum absolute atomic E-state index is 0.0609. The first kappa shape index (κ1) is 35.9. The number of hydrogen-bond acceptors (Lipinski definition) is 7. The van der Waals surface area contributed by atoms with E-state index in [2.05, 4.69) is 13.8 Å². The Morgan fingerprint density at radius 1 is 0.529 bits per heavy atom. The monoisotopic (exact) mass is 494 g/mol. The molecule has 208 valence electrons. The molecule has 0 aromatic heterocycles. The Balaban J connectivity index is 0. The molecule has 0 amide bonds. The normalized spacial score (nSPS) is 14.8. The van der Waals surface area contributed by atoms with Crippen molar-refractivity contribution in [3.05, 3.63) is 0 Å². The van der Waals surface area contributed by atoms with Gasteiger partial charge in [0.05, 0.1) is 51.3 Å². The second kappa shape index (κ2) is 29.0. The summed E-state index contributed by atoms with van der Waals surface area (Å²) in [5.74, 6) is 0. The zero-order valence-electron chi connectivity index (χ0n) is 22.5. The van der Waals surface area contributed by atoms with Gasteiger partial charge in [-0.15, -0.1) is 0 Å². The third-order valence-corrected chi connectivity index (χ3v) is 5.80. The largest absolute Gasteiger partial charge is 0.394 e. The molecule has 0 aliphatic rings. The minimum Gasteiger partial charge on any atom is -0.394 e. The number of hydrogen-bond donors (Lipinski definition) is 5. The molecule has 0 aromatic rings. The maximum absolute atomic E-state index is 9.57. The van der Waals surface area contributed by atoms with Crippen molar-refractivity contribution in [3.8, 4) is 0 Å². The Bertz CT molecular complexity index is 371. The van der Waals surface area contributed by atoms with Crippen molar-refractivity contribution < 1.29 is 35.0 Å². The molecule has 0 saturated carbocycles. The average molecular weight is 495 g/mol. The molecule has 0 bridgehead atoms. The number of unbranched alkanes of at least 4 members (excludes halogenated alkanes) is 10. The van der Waals surface area contributed by atoms with Crippen LogP contribution in [0.4, 0.5) is 0 Å². The second-order valence-corrected chi connectivity index (χ2v) is 9.34. The molecule has 4 unspecified atom stereocenters. The molecule has 34 heavy (non-hydrogen) atoms. The van der Waals surface area contributed by atoms with Gasteiger partial charge in [0, 0.05) is 0 Å². The van der Waals surface area contributed by atoms with E-state index in [0.717, 1.165) is 32.1 Å². The number of ether oxygens (including phenoxy) is 2. The van der Waals surface area contributed by atoms with E-state index in [1.165, 1.54) is 57.8 Å². The van der Waals surface area contributed by atoms with Gasteiger partial charge in [0.2, 0.25) is 0 Å². The van der Waals surface area contributed by atoms with Crippen molar-refractivity contribution in [3.63, 3.8) is 0 Å². The summed E-state index contributed by atoms with van der Waals surface area (Å²) in [7, 11) is 0. The second-order valence-electron chi connectivity index (χ2n) is 9.34. The number of aliphatic hydroxyl groups excluding tert-OH is 5. The summed E-state index contributed by atoms with van der Waals surface area (Å²) in [5, 5.41) is 45.6. The van der Waals surface area contributed by atoms with Gasteiger partial charge in [-0.3, -0.25) is 0 Å². The third kappa shape index (κ3) is 28.0. The van der Waals surface area contributed by atoms with Crippen molar-refractivity contribution in [1.82, 2.24) is 0 Å². The highest BCUT2D eigenvalue weighted by molar-refractivity contribution is 4.59. The zero-order chi connectivity index (χ0) is 25.9. The van der Waals surface area contributed by atoms with Gasteiger partial charge in [-0.1, -0.05) is 97.8 Å². The Hall–Kier alpha value is -0.280. The lowest BCUT2D eigenvalue weighted by Gasteiger charge is -2.17.